The van der Waals surface area contributed by atoms with Crippen molar-refractivity contribution in [2.24, 2.45) is 10.1 Å². The summed E-state index contributed by atoms with van der Waals surface area (Å²) in [6.07, 6.45) is 1.71. The van der Waals surface area contributed by atoms with E-state index in [0.717, 1.165) is 18.6 Å². The molecule has 1 saturated heterocycles. The Bertz CT molecular complexity index is 713. The van der Waals surface area contributed by atoms with E-state index in [1.54, 1.807) is 19.2 Å². The van der Waals surface area contributed by atoms with Gasteiger partial charge in [-0.2, -0.15) is 0 Å². The number of fused-ring (bicyclic) bond motifs is 2. The number of nitrogens with zero attached hydrogens (tertiary/aromatic N) is 6. The minimum atomic E-state index is -0.588. The fourth-order valence-electron chi connectivity index (χ4n) is 3.43. The Hall–Kier alpha value is -2.29. The van der Waals surface area contributed by atoms with Gasteiger partial charge in [-0.25, -0.2) is 9.37 Å². The lowest BCUT2D eigenvalue weighted by Crippen LogP contribution is -2.64. The number of hydrogen-bond donors (Lipinski definition) is 0. The molecule has 2 atom stereocenters. The number of imide groups is 1. The van der Waals surface area contributed by atoms with E-state index in [9.17, 15) is 9.59 Å². The molecule has 142 valence electrons. The van der Waals surface area contributed by atoms with Crippen molar-refractivity contribution in [3.8, 4) is 0 Å². The first-order valence-corrected chi connectivity index (χ1v) is 9.06. The van der Waals surface area contributed by atoms with Crippen LogP contribution in [0.3, 0.4) is 0 Å². The fourth-order valence-corrected chi connectivity index (χ4v) is 3.43. The lowest BCUT2D eigenvalue weighted by molar-refractivity contribution is -0.559. The molecule has 3 rings (SSSR count). The molecular formula is C17H27N6O3+. The first kappa shape index (κ1) is 18.5. The predicted molar refractivity (Wildman–Crippen MR) is 97.4 cm³/mol. The number of aliphatic imine (C=N–C) groups is 1. The molecule has 0 aromatic heterocycles. The molecule has 1 fully saturated rings. The second kappa shape index (κ2) is 7.14. The number of guanidine groups is 1. The third-order valence-corrected chi connectivity index (χ3v) is 5.10. The number of amides is 3. The van der Waals surface area contributed by atoms with Gasteiger partial charge in [0.25, 0.3) is 5.91 Å². The Morgan fingerprint density at radius 3 is 2.65 bits per heavy atom. The number of hydrazone groups is 1. The predicted octanol–water partition coefficient (Wildman–Crippen LogP) is 0.556. The summed E-state index contributed by atoms with van der Waals surface area (Å²) in [5.41, 5.74) is 0.897. The van der Waals surface area contributed by atoms with E-state index in [0.29, 0.717) is 31.5 Å². The number of carbonyl (C=O) groups is 2. The quantitative estimate of drug-likeness (QED) is 0.646. The topological polar surface area (TPSA) is 80.8 Å². The summed E-state index contributed by atoms with van der Waals surface area (Å²) in [4.78, 5) is 33.3. The molecule has 0 radical (unpaired) electrons. The Kier molecular flexibility index (Phi) is 5.08. The second-order valence-corrected chi connectivity index (χ2v) is 6.80. The second-order valence-electron chi connectivity index (χ2n) is 6.80. The number of hydrogen-bond acceptors (Lipinski definition) is 6. The van der Waals surface area contributed by atoms with Gasteiger partial charge >= 0.3 is 12.0 Å². The van der Waals surface area contributed by atoms with Crippen LogP contribution in [0.1, 0.15) is 33.6 Å². The van der Waals surface area contributed by atoms with Crippen LogP contribution < -0.4 is 0 Å². The van der Waals surface area contributed by atoms with E-state index in [1.165, 1.54) is 9.80 Å². The third-order valence-electron chi connectivity index (χ3n) is 5.10. The van der Waals surface area contributed by atoms with E-state index >= 15 is 0 Å². The molecule has 3 heterocycles. The Morgan fingerprint density at radius 1 is 1.27 bits per heavy atom. The number of unbranched alkanes of at least 4 members (excludes halogenated alkanes) is 1. The number of ether oxygens (including phenoxy) is 1. The van der Waals surface area contributed by atoms with Crippen LogP contribution in [0.2, 0.25) is 0 Å². The Morgan fingerprint density at radius 2 is 2.00 bits per heavy atom. The fraction of sp³-hybridized carbons (Fsp3) is 0.706. The van der Waals surface area contributed by atoms with Crippen LogP contribution in [-0.2, 0) is 9.53 Å². The van der Waals surface area contributed by atoms with Crippen LogP contribution in [0, 0.1) is 0 Å². The summed E-state index contributed by atoms with van der Waals surface area (Å²) in [5.74, 6) is 0.871. The van der Waals surface area contributed by atoms with E-state index in [4.69, 9.17) is 4.74 Å². The molecule has 0 bridgehead atoms. The van der Waals surface area contributed by atoms with Crippen molar-refractivity contribution in [2.75, 3.05) is 33.9 Å². The highest BCUT2D eigenvalue weighted by molar-refractivity contribution is 6.23. The molecule has 9 nitrogen and oxygen atoms in total. The van der Waals surface area contributed by atoms with Gasteiger partial charge in [-0.05, 0) is 20.3 Å². The highest BCUT2D eigenvalue weighted by Gasteiger charge is 2.55. The van der Waals surface area contributed by atoms with Crippen molar-refractivity contribution >= 4 is 29.4 Å². The summed E-state index contributed by atoms with van der Waals surface area (Å²) >= 11 is 0. The summed E-state index contributed by atoms with van der Waals surface area (Å²) in [6.45, 7) is 7.43. The highest BCUT2D eigenvalue weighted by Crippen LogP contribution is 2.25. The van der Waals surface area contributed by atoms with Crippen LogP contribution in [0.4, 0.5) is 4.79 Å². The largest absolute Gasteiger partial charge is 0.417 e. The number of rotatable bonds is 6. The molecule has 26 heavy (non-hydrogen) atoms. The number of likely N-dealkylation sites (N-methyl/N-ethyl adjacent to an activating group) is 1. The Labute approximate surface area is 153 Å². The molecular weight excluding hydrogens is 336 g/mol. The summed E-state index contributed by atoms with van der Waals surface area (Å²) in [7, 11) is 3.31. The number of methoxy groups -OCH3 is 1. The van der Waals surface area contributed by atoms with Gasteiger partial charge in [0.2, 0.25) is 11.9 Å². The average molecular weight is 363 g/mol. The monoisotopic (exact) mass is 363 g/mol. The maximum Gasteiger partial charge on any atom is 0.417 e. The molecule has 0 aromatic carbocycles. The molecule has 3 aliphatic heterocycles. The summed E-state index contributed by atoms with van der Waals surface area (Å²) < 4.78 is 7.13. The van der Waals surface area contributed by atoms with Crippen molar-refractivity contribution < 1.29 is 18.9 Å². The van der Waals surface area contributed by atoms with Gasteiger partial charge in [0, 0.05) is 20.7 Å². The lowest BCUT2D eigenvalue weighted by atomic mass is 10.1. The van der Waals surface area contributed by atoms with E-state index in [2.05, 4.69) is 10.1 Å². The van der Waals surface area contributed by atoms with E-state index in [-0.39, 0.29) is 18.0 Å². The van der Waals surface area contributed by atoms with Crippen LogP contribution in [-0.4, -0.2) is 94.8 Å². The molecule has 0 aromatic rings. The summed E-state index contributed by atoms with van der Waals surface area (Å²) in [5, 5.41) is 6.35. The van der Waals surface area contributed by atoms with Crippen molar-refractivity contribution in [3.63, 3.8) is 0 Å². The standard InChI is InChI=1S/C17H27N6O3/c1-6-7-8-21-15(24)13-14(20(4)17(21)25)18-16-22(9-10-26-5)19-11(2)12(3)23(13)16/h12-13H,6-10H2,1-5H3/q+1. The molecule has 9 heteroatoms. The van der Waals surface area contributed by atoms with Crippen molar-refractivity contribution in [3.05, 3.63) is 0 Å². The van der Waals surface area contributed by atoms with Crippen molar-refractivity contribution in [1.29, 1.82) is 0 Å². The normalized spacial score (nSPS) is 25.5. The van der Waals surface area contributed by atoms with Crippen molar-refractivity contribution in [2.45, 2.75) is 45.7 Å². The van der Waals surface area contributed by atoms with Gasteiger partial charge < -0.3 is 4.74 Å². The zero-order valence-electron chi connectivity index (χ0n) is 16.1. The number of urea groups is 1. The zero-order chi connectivity index (χ0) is 19.0. The highest BCUT2D eigenvalue weighted by atomic mass is 16.5. The minimum Gasteiger partial charge on any atom is -0.381 e. The van der Waals surface area contributed by atoms with Crippen LogP contribution in [0.5, 0.6) is 0 Å². The van der Waals surface area contributed by atoms with E-state index in [1.807, 2.05) is 25.3 Å². The maximum atomic E-state index is 13.2. The smallest absolute Gasteiger partial charge is 0.381 e. The van der Waals surface area contributed by atoms with Crippen LogP contribution in [0.15, 0.2) is 10.1 Å². The van der Waals surface area contributed by atoms with Gasteiger partial charge in [0.1, 0.15) is 12.6 Å². The molecule has 2 unspecified atom stereocenters. The molecule has 0 saturated carbocycles. The Balaban J connectivity index is 1.99. The summed E-state index contributed by atoms with van der Waals surface area (Å²) in [6, 6.07) is -0.976. The SMILES string of the molecule is CCCCN1C(=O)C2C(=NC3=[N+]2C(C)C(C)=NN3CCOC)N(C)C1=O. The minimum absolute atomic E-state index is 0.0753. The zero-order valence-corrected chi connectivity index (χ0v) is 16.1. The number of carbonyl (C=O) groups excluding carboxylic acids is 2. The maximum absolute atomic E-state index is 13.2. The van der Waals surface area contributed by atoms with Crippen LogP contribution in [0.25, 0.3) is 0 Å². The number of amidine groups is 1. The van der Waals surface area contributed by atoms with Crippen molar-refractivity contribution in [1.82, 2.24) is 14.8 Å². The third kappa shape index (κ3) is 2.80. The van der Waals surface area contributed by atoms with Gasteiger partial charge in [0.05, 0.1) is 12.3 Å². The van der Waals surface area contributed by atoms with Gasteiger partial charge in [0.15, 0.2) is 0 Å². The molecule has 3 amide bonds. The first-order chi connectivity index (χ1) is 12.4. The average Bonchev–Trinajstić information content (AvgIpc) is 3.03. The molecule has 3 aliphatic rings. The molecule has 0 aliphatic carbocycles. The van der Waals surface area contributed by atoms with Gasteiger partial charge in [-0.1, -0.05) is 18.3 Å². The molecule has 0 spiro atoms. The van der Waals surface area contributed by atoms with Crippen LogP contribution >= 0.6 is 0 Å². The van der Waals surface area contributed by atoms with Gasteiger partial charge in [-0.3, -0.25) is 14.6 Å². The van der Waals surface area contributed by atoms with E-state index < -0.39 is 6.04 Å². The molecule has 0 N–H and O–H groups in total. The lowest BCUT2D eigenvalue weighted by Gasteiger charge is -2.35. The van der Waals surface area contributed by atoms with Gasteiger partial charge in [-0.15, -0.1) is 10.1 Å². The first-order valence-electron chi connectivity index (χ1n) is 9.06.